The monoisotopic (exact) mass is 356 g/mol. The van der Waals surface area contributed by atoms with Crippen LogP contribution in [0.4, 0.5) is 8.78 Å². The molecule has 5 nitrogen and oxygen atoms in total. The summed E-state index contributed by atoms with van der Waals surface area (Å²) in [5.74, 6) is -0.526. The van der Waals surface area contributed by atoms with Crippen molar-refractivity contribution in [2.24, 2.45) is 4.99 Å². The third-order valence-electron chi connectivity index (χ3n) is 3.93. The van der Waals surface area contributed by atoms with Crippen molar-refractivity contribution in [2.45, 2.75) is 32.4 Å². The summed E-state index contributed by atoms with van der Waals surface area (Å²) in [6.45, 7) is 7.29. The number of nitrogens with zero attached hydrogens (tertiary/aromatic N) is 2. The topological polar surface area (TPSA) is 48.9 Å². The van der Waals surface area contributed by atoms with Crippen LogP contribution in [0.3, 0.4) is 0 Å². The molecule has 0 fully saturated rings. The normalized spacial score (nSPS) is 13.9. The van der Waals surface area contributed by atoms with E-state index in [0.717, 1.165) is 0 Å². The maximum Gasteiger partial charge on any atom is 0.191 e. The van der Waals surface area contributed by atoms with E-state index in [1.165, 1.54) is 18.2 Å². The maximum atomic E-state index is 14.1. The smallest absolute Gasteiger partial charge is 0.191 e. The number of hydrogen-bond donors (Lipinski definition) is 2. The number of rotatable bonds is 8. The number of methoxy groups -OCH3 is 1. The van der Waals surface area contributed by atoms with E-state index in [4.69, 9.17) is 4.74 Å². The number of benzene rings is 1. The molecule has 0 aromatic heterocycles. The average molecular weight is 356 g/mol. The molecule has 1 aromatic carbocycles. The Hall–Kier alpha value is -1.73. The highest BCUT2D eigenvalue weighted by Gasteiger charge is 2.22. The third-order valence-corrected chi connectivity index (χ3v) is 3.93. The van der Waals surface area contributed by atoms with Crippen LogP contribution in [-0.4, -0.2) is 57.3 Å². The Morgan fingerprint density at radius 3 is 2.32 bits per heavy atom. The zero-order chi connectivity index (χ0) is 19.0. The number of ether oxygens (including phenoxy) is 1. The van der Waals surface area contributed by atoms with Crippen LogP contribution < -0.4 is 10.6 Å². The van der Waals surface area contributed by atoms with Crippen molar-refractivity contribution in [2.75, 3.05) is 40.8 Å². The first-order valence-corrected chi connectivity index (χ1v) is 8.39. The summed E-state index contributed by atoms with van der Waals surface area (Å²) in [5, 5.41) is 6.29. The molecule has 0 saturated carbocycles. The van der Waals surface area contributed by atoms with E-state index in [2.05, 4.69) is 15.6 Å². The van der Waals surface area contributed by atoms with Crippen molar-refractivity contribution in [3.8, 4) is 0 Å². The van der Waals surface area contributed by atoms with Gasteiger partial charge in [-0.1, -0.05) is 6.07 Å². The highest BCUT2D eigenvalue weighted by Crippen LogP contribution is 2.23. The van der Waals surface area contributed by atoms with Gasteiger partial charge in [0.25, 0.3) is 0 Å². The van der Waals surface area contributed by atoms with Crippen LogP contribution in [0.2, 0.25) is 0 Å². The van der Waals surface area contributed by atoms with Gasteiger partial charge < -0.3 is 20.3 Å². The van der Waals surface area contributed by atoms with Crippen molar-refractivity contribution >= 4 is 5.96 Å². The summed E-state index contributed by atoms with van der Waals surface area (Å²) >= 11 is 0. The number of guanidine groups is 1. The van der Waals surface area contributed by atoms with Crippen LogP contribution in [-0.2, 0) is 4.74 Å². The average Bonchev–Trinajstić information content (AvgIpc) is 2.54. The summed E-state index contributed by atoms with van der Waals surface area (Å²) in [4.78, 5) is 6.26. The van der Waals surface area contributed by atoms with Gasteiger partial charge in [-0.05, 0) is 47.0 Å². The minimum atomic E-state index is -0.553. The molecule has 1 atom stereocenters. The number of hydrogen-bond acceptors (Lipinski definition) is 3. The van der Waals surface area contributed by atoms with E-state index in [-0.39, 0.29) is 11.2 Å². The molecule has 0 radical (unpaired) electrons. The second-order valence-electron chi connectivity index (χ2n) is 6.65. The predicted molar refractivity (Wildman–Crippen MR) is 97.9 cm³/mol. The largest absolute Gasteiger partial charge is 0.377 e. The number of nitrogens with one attached hydrogen (secondary N) is 2. The zero-order valence-electron chi connectivity index (χ0n) is 16.0. The lowest BCUT2D eigenvalue weighted by molar-refractivity contribution is 0.0310. The Labute approximate surface area is 149 Å². The second kappa shape index (κ2) is 9.68. The first-order valence-electron chi connectivity index (χ1n) is 8.39. The minimum Gasteiger partial charge on any atom is -0.377 e. The van der Waals surface area contributed by atoms with Crippen molar-refractivity contribution in [3.05, 3.63) is 35.4 Å². The highest BCUT2D eigenvalue weighted by molar-refractivity contribution is 5.79. The molecular formula is C18H30F2N4O. The van der Waals surface area contributed by atoms with E-state index >= 15 is 0 Å². The SMILES string of the molecule is CCNC(=NCC(C)(C)OC)NCC(c1c(F)cccc1F)N(C)C. The van der Waals surface area contributed by atoms with Crippen LogP contribution in [0.1, 0.15) is 32.4 Å². The molecule has 0 aliphatic heterocycles. The van der Waals surface area contributed by atoms with E-state index in [9.17, 15) is 8.78 Å². The summed E-state index contributed by atoms with van der Waals surface area (Å²) in [5.41, 5.74) is -0.339. The molecule has 0 amide bonds. The van der Waals surface area contributed by atoms with Crippen LogP contribution in [0, 0.1) is 11.6 Å². The van der Waals surface area contributed by atoms with Crippen LogP contribution in [0.25, 0.3) is 0 Å². The van der Waals surface area contributed by atoms with Gasteiger partial charge >= 0.3 is 0 Å². The Kier molecular flexibility index (Phi) is 8.25. The first kappa shape index (κ1) is 21.3. The molecule has 1 unspecified atom stereocenters. The van der Waals surface area contributed by atoms with Gasteiger partial charge in [-0.3, -0.25) is 4.99 Å². The molecular weight excluding hydrogens is 326 g/mol. The van der Waals surface area contributed by atoms with E-state index < -0.39 is 17.7 Å². The van der Waals surface area contributed by atoms with Gasteiger partial charge in [0.1, 0.15) is 11.6 Å². The third kappa shape index (κ3) is 6.59. The number of halogens is 2. The van der Waals surface area contributed by atoms with E-state index in [0.29, 0.717) is 25.6 Å². The summed E-state index contributed by atoms with van der Waals surface area (Å²) < 4.78 is 33.6. The van der Waals surface area contributed by atoms with Crippen LogP contribution >= 0.6 is 0 Å². The second-order valence-corrected chi connectivity index (χ2v) is 6.65. The first-order chi connectivity index (χ1) is 11.7. The molecule has 25 heavy (non-hydrogen) atoms. The van der Waals surface area contributed by atoms with E-state index in [1.807, 2.05) is 20.8 Å². The highest BCUT2D eigenvalue weighted by atomic mass is 19.1. The summed E-state index contributed by atoms with van der Waals surface area (Å²) in [6, 6.07) is 3.44. The van der Waals surface area contributed by atoms with Gasteiger partial charge in [0.05, 0.1) is 18.2 Å². The molecule has 0 heterocycles. The van der Waals surface area contributed by atoms with Crippen LogP contribution in [0.15, 0.2) is 23.2 Å². The molecule has 0 spiro atoms. The summed E-state index contributed by atoms with van der Waals surface area (Å²) in [7, 11) is 5.21. The Bertz CT molecular complexity index is 556. The van der Waals surface area contributed by atoms with Gasteiger partial charge in [-0.15, -0.1) is 0 Å². The Morgan fingerprint density at radius 1 is 1.24 bits per heavy atom. The minimum absolute atomic E-state index is 0.0491. The molecule has 7 heteroatoms. The molecule has 0 aliphatic carbocycles. The molecule has 1 rings (SSSR count). The molecule has 2 N–H and O–H groups in total. The molecule has 0 bridgehead atoms. The lowest BCUT2D eigenvalue weighted by Crippen LogP contribution is -2.43. The fraction of sp³-hybridized carbons (Fsp3) is 0.611. The number of aliphatic imine (C=N–C) groups is 1. The lowest BCUT2D eigenvalue weighted by Gasteiger charge is -2.27. The van der Waals surface area contributed by atoms with Gasteiger partial charge in [-0.25, -0.2) is 8.78 Å². The number of likely N-dealkylation sites (N-methyl/N-ethyl adjacent to an activating group) is 1. The molecule has 0 saturated heterocycles. The summed E-state index contributed by atoms with van der Waals surface area (Å²) in [6.07, 6.45) is 0. The van der Waals surface area contributed by atoms with Gasteiger partial charge in [0.15, 0.2) is 5.96 Å². The quantitative estimate of drug-likeness (QED) is 0.555. The van der Waals surface area contributed by atoms with Gasteiger partial charge in [0, 0.05) is 25.8 Å². The van der Waals surface area contributed by atoms with Gasteiger partial charge in [0.2, 0.25) is 0 Å². The molecule has 142 valence electrons. The standard InChI is InChI=1S/C18H30F2N4O/c1-7-21-17(23-12-18(2,3)25-6)22-11-15(24(4)5)16-13(19)9-8-10-14(16)20/h8-10,15H,7,11-12H2,1-6H3,(H2,21,22,23). The van der Waals surface area contributed by atoms with Crippen molar-refractivity contribution in [1.82, 2.24) is 15.5 Å². The van der Waals surface area contributed by atoms with Crippen molar-refractivity contribution < 1.29 is 13.5 Å². The lowest BCUT2D eigenvalue weighted by atomic mass is 10.0. The zero-order valence-corrected chi connectivity index (χ0v) is 16.0. The Balaban J connectivity index is 2.92. The van der Waals surface area contributed by atoms with Gasteiger partial charge in [-0.2, -0.15) is 0 Å². The fourth-order valence-electron chi connectivity index (χ4n) is 2.24. The molecule has 1 aromatic rings. The van der Waals surface area contributed by atoms with Crippen LogP contribution in [0.5, 0.6) is 0 Å². The Morgan fingerprint density at radius 2 is 1.84 bits per heavy atom. The maximum absolute atomic E-state index is 14.1. The molecule has 0 aliphatic rings. The predicted octanol–water partition coefficient (Wildman–Crippen LogP) is 2.55. The van der Waals surface area contributed by atoms with E-state index in [1.54, 1.807) is 26.1 Å². The fourth-order valence-corrected chi connectivity index (χ4v) is 2.24. The van der Waals surface area contributed by atoms with Crippen molar-refractivity contribution in [1.29, 1.82) is 0 Å². The van der Waals surface area contributed by atoms with Crippen molar-refractivity contribution in [3.63, 3.8) is 0 Å².